The summed E-state index contributed by atoms with van der Waals surface area (Å²) in [4.78, 5) is 0. The number of hydrogen-bond donors (Lipinski definition) is 1. The van der Waals surface area contributed by atoms with Crippen molar-refractivity contribution < 1.29 is 4.39 Å². The highest BCUT2D eigenvalue weighted by atomic mass is 35.5. The molecule has 3 rings (SSSR count). The standard InChI is InChI=1S/C15H11ClFNS/c16-12-6-2-4-10(13(12)17)14(18)11-5-1-3-9-7-8-19-15(9)11/h1-8,14H,18H2. The second-order valence-electron chi connectivity index (χ2n) is 4.31. The smallest absolute Gasteiger partial charge is 0.146 e. The average molecular weight is 292 g/mol. The molecule has 1 heterocycles. The van der Waals surface area contributed by atoms with Crippen molar-refractivity contribution in [1.82, 2.24) is 0 Å². The zero-order valence-corrected chi connectivity index (χ0v) is 11.5. The summed E-state index contributed by atoms with van der Waals surface area (Å²) in [5.74, 6) is -0.440. The predicted molar refractivity (Wildman–Crippen MR) is 79.3 cm³/mol. The monoisotopic (exact) mass is 291 g/mol. The SMILES string of the molecule is NC(c1cccc(Cl)c1F)c1cccc2ccsc12. The van der Waals surface area contributed by atoms with Gasteiger partial charge in [0.05, 0.1) is 11.1 Å². The predicted octanol–water partition coefficient (Wildman–Crippen LogP) is 4.74. The van der Waals surface area contributed by atoms with Gasteiger partial charge in [-0.1, -0.05) is 41.9 Å². The number of halogens is 2. The third-order valence-corrected chi connectivity index (χ3v) is 4.43. The van der Waals surface area contributed by atoms with E-state index in [1.807, 2.05) is 29.6 Å². The van der Waals surface area contributed by atoms with Gasteiger partial charge in [0.2, 0.25) is 0 Å². The van der Waals surface area contributed by atoms with Crippen LogP contribution in [0.2, 0.25) is 5.02 Å². The van der Waals surface area contributed by atoms with E-state index < -0.39 is 11.9 Å². The minimum Gasteiger partial charge on any atom is -0.320 e. The van der Waals surface area contributed by atoms with E-state index in [0.717, 1.165) is 15.6 Å². The van der Waals surface area contributed by atoms with Gasteiger partial charge in [-0.2, -0.15) is 0 Å². The van der Waals surface area contributed by atoms with Gasteiger partial charge >= 0.3 is 0 Å². The molecule has 96 valence electrons. The van der Waals surface area contributed by atoms with Gasteiger partial charge in [-0.3, -0.25) is 0 Å². The maximum absolute atomic E-state index is 14.1. The van der Waals surface area contributed by atoms with Crippen LogP contribution in [-0.2, 0) is 0 Å². The lowest BCUT2D eigenvalue weighted by molar-refractivity contribution is 0.601. The first-order chi connectivity index (χ1) is 9.18. The van der Waals surface area contributed by atoms with Crippen LogP contribution in [0.15, 0.2) is 47.8 Å². The van der Waals surface area contributed by atoms with Crippen LogP contribution in [-0.4, -0.2) is 0 Å². The van der Waals surface area contributed by atoms with Crippen molar-refractivity contribution in [2.45, 2.75) is 6.04 Å². The van der Waals surface area contributed by atoms with E-state index in [9.17, 15) is 4.39 Å². The molecule has 4 heteroatoms. The fraction of sp³-hybridized carbons (Fsp3) is 0.0667. The van der Waals surface area contributed by atoms with E-state index in [1.54, 1.807) is 23.5 Å². The molecule has 0 aliphatic heterocycles. The summed E-state index contributed by atoms with van der Waals surface area (Å²) < 4.78 is 15.1. The molecule has 0 amide bonds. The first kappa shape index (κ1) is 12.6. The van der Waals surface area contributed by atoms with Crippen molar-refractivity contribution in [3.05, 3.63) is 69.8 Å². The number of hydrogen-bond acceptors (Lipinski definition) is 2. The fourth-order valence-corrected chi connectivity index (χ4v) is 3.33. The number of thiophene rings is 1. The largest absolute Gasteiger partial charge is 0.320 e. The quantitative estimate of drug-likeness (QED) is 0.725. The molecule has 0 spiro atoms. The van der Waals surface area contributed by atoms with Crippen molar-refractivity contribution in [2.75, 3.05) is 0 Å². The summed E-state index contributed by atoms with van der Waals surface area (Å²) in [5.41, 5.74) is 7.57. The zero-order chi connectivity index (χ0) is 13.4. The Labute approximate surface area is 119 Å². The fourth-order valence-electron chi connectivity index (χ4n) is 2.19. The topological polar surface area (TPSA) is 26.0 Å². The van der Waals surface area contributed by atoms with Gasteiger partial charge < -0.3 is 5.73 Å². The van der Waals surface area contributed by atoms with E-state index in [-0.39, 0.29) is 5.02 Å². The molecule has 0 aliphatic rings. The Hall–Kier alpha value is -1.42. The van der Waals surface area contributed by atoms with Gasteiger partial charge in [0.25, 0.3) is 0 Å². The van der Waals surface area contributed by atoms with Crippen LogP contribution in [0.3, 0.4) is 0 Å². The van der Waals surface area contributed by atoms with Crippen molar-refractivity contribution in [2.24, 2.45) is 5.73 Å². The minimum absolute atomic E-state index is 0.103. The van der Waals surface area contributed by atoms with E-state index in [0.29, 0.717) is 5.56 Å². The van der Waals surface area contributed by atoms with Crippen LogP contribution >= 0.6 is 22.9 Å². The lowest BCUT2D eigenvalue weighted by Gasteiger charge is -2.15. The summed E-state index contributed by atoms with van der Waals surface area (Å²) in [5, 5.41) is 3.24. The third-order valence-electron chi connectivity index (χ3n) is 3.16. The Kier molecular flexibility index (Phi) is 3.27. The minimum atomic E-state index is -0.513. The Morgan fingerprint density at radius 2 is 1.79 bits per heavy atom. The van der Waals surface area contributed by atoms with Gasteiger partial charge in [-0.25, -0.2) is 4.39 Å². The Morgan fingerprint density at radius 1 is 1.05 bits per heavy atom. The molecule has 0 saturated heterocycles. The molecule has 0 fully saturated rings. The van der Waals surface area contributed by atoms with Crippen molar-refractivity contribution >= 4 is 33.0 Å². The van der Waals surface area contributed by atoms with Crippen molar-refractivity contribution in [3.8, 4) is 0 Å². The van der Waals surface area contributed by atoms with E-state index in [1.165, 1.54) is 6.07 Å². The Morgan fingerprint density at radius 3 is 2.63 bits per heavy atom. The molecule has 1 nitrogen and oxygen atoms in total. The second kappa shape index (κ2) is 4.93. The number of benzene rings is 2. The lowest BCUT2D eigenvalue weighted by Crippen LogP contribution is -2.13. The molecule has 1 atom stereocenters. The highest BCUT2D eigenvalue weighted by Gasteiger charge is 2.17. The second-order valence-corrected chi connectivity index (χ2v) is 5.63. The molecule has 0 saturated carbocycles. The molecule has 0 radical (unpaired) electrons. The summed E-state index contributed by atoms with van der Waals surface area (Å²) in [6.07, 6.45) is 0. The van der Waals surface area contributed by atoms with Gasteiger partial charge in [-0.15, -0.1) is 11.3 Å². The molecule has 19 heavy (non-hydrogen) atoms. The molecule has 0 bridgehead atoms. The molecule has 1 unspecified atom stereocenters. The third kappa shape index (κ3) is 2.14. The maximum Gasteiger partial charge on any atom is 0.146 e. The van der Waals surface area contributed by atoms with E-state index in [2.05, 4.69) is 0 Å². The van der Waals surface area contributed by atoms with Crippen LogP contribution in [0.4, 0.5) is 4.39 Å². The van der Waals surface area contributed by atoms with Gasteiger partial charge in [0.15, 0.2) is 0 Å². The molecule has 1 aromatic heterocycles. The highest BCUT2D eigenvalue weighted by Crippen LogP contribution is 2.33. The van der Waals surface area contributed by atoms with Crippen LogP contribution in [0.5, 0.6) is 0 Å². The number of nitrogens with two attached hydrogens (primary N) is 1. The van der Waals surface area contributed by atoms with E-state index in [4.69, 9.17) is 17.3 Å². The zero-order valence-electron chi connectivity index (χ0n) is 9.94. The molecule has 2 N–H and O–H groups in total. The van der Waals surface area contributed by atoms with E-state index >= 15 is 0 Å². The normalized spacial score (nSPS) is 12.8. The Balaban J connectivity index is 2.16. The lowest BCUT2D eigenvalue weighted by atomic mass is 9.98. The van der Waals surface area contributed by atoms with Crippen LogP contribution in [0.1, 0.15) is 17.2 Å². The van der Waals surface area contributed by atoms with Gasteiger partial charge in [0.1, 0.15) is 5.82 Å². The molecule has 3 aromatic rings. The number of rotatable bonds is 2. The molecular weight excluding hydrogens is 281 g/mol. The first-order valence-electron chi connectivity index (χ1n) is 5.84. The summed E-state index contributed by atoms with van der Waals surface area (Å²) in [7, 11) is 0. The number of fused-ring (bicyclic) bond motifs is 1. The molecular formula is C15H11ClFNS. The van der Waals surface area contributed by atoms with Crippen LogP contribution in [0.25, 0.3) is 10.1 Å². The molecule has 0 aliphatic carbocycles. The summed E-state index contributed by atoms with van der Waals surface area (Å²) >= 11 is 7.43. The maximum atomic E-state index is 14.1. The molecule has 2 aromatic carbocycles. The van der Waals surface area contributed by atoms with Gasteiger partial charge in [0, 0.05) is 10.3 Å². The van der Waals surface area contributed by atoms with Crippen LogP contribution < -0.4 is 5.73 Å². The average Bonchev–Trinajstić information content (AvgIpc) is 2.89. The highest BCUT2D eigenvalue weighted by molar-refractivity contribution is 7.17. The Bertz CT molecular complexity index is 738. The van der Waals surface area contributed by atoms with Crippen LogP contribution in [0, 0.1) is 5.82 Å². The summed E-state index contributed by atoms with van der Waals surface area (Å²) in [6, 6.07) is 12.3. The first-order valence-corrected chi connectivity index (χ1v) is 7.10. The van der Waals surface area contributed by atoms with Crippen molar-refractivity contribution in [3.63, 3.8) is 0 Å². The van der Waals surface area contributed by atoms with Crippen molar-refractivity contribution in [1.29, 1.82) is 0 Å². The van der Waals surface area contributed by atoms with Gasteiger partial charge in [-0.05, 0) is 28.5 Å². The summed E-state index contributed by atoms with van der Waals surface area (Å²) in [6.45, 7) is 0.